The van der Waals surface area contributed by atoms with Crippen LogP contribution in [0.5, 0.6) is 0 Å². The van der Waals surface area contributed by atoms with E-state index in [-0.39, 0.29) is 41.5 Å². The van der Waals surface area contributed by atoms with E-state index in [0.717, 1.165) is 18.4 Å². The maximum absolute atomic E-state index is 13.6. The lowest BCUT2D eigenvalue weighted by Gasteiger charge is -2.31. The predicted molar refractivity (Wildman–Crippen MR) is 143 cm³/mol. The number of halogens is 1. The number of sulfonamides is 1. The van der Waals surface area contributed by atoms with Gasteiger partial charge in [0.25, 0.3) is 0 Å². The Morgan fingerprint density at radius 1 is 0.947 bits per heavy atom. The van der Waals surface area contributed by atoms with Crippen LogP contribution in [-0.4, -0.2) is 37.7 Å². The van der Waals surface area contributed by atoms with E-state index in [2.05, 4.69) is 10.0 Å². The lowest BCUT2D eigenvalue weighted by atomic mass is 10.0. The SMILES string of the molecule is CCNC(=O)[C@H](c1ccccc1)N(Cc1ccc(F)cc1)C(=O)CCc1ccc(S(=O)(=O)NC2CC2)cc1. The molecule has 3 aromatic rings. The third-order valence-corrected chi connectivity index (χ3v) is 7.91. The maximum atomic E-state index is 13.6. The highest BCUT2D eigenvalue weighted by Gasteiger charge is 2.31. The third-order valence-electron chi connectivity index (χ3n) is 6.37. The summed E-state index contributed by atoms with van der Waals surface area (Å²) in [6.45, 7) is 2.35. The Morgan fingerprint density at radius 3 is 2.18 bits per heavy atom. The summed E-state index contributed by atoms with van der Waals surface area (Å²) in [5.74, 6) is -0.929. The molecule has 0 aliphatic heterocycles. The van der Waals surface area contributed by atoms with Crippen molar-refractivity contribution in [1.29, 1.82) is 0 Å². The summed E-state index contributed by atoms with van der Waals surface area (Å²) in [6, 6.07) is 20.6. The number of carbonyl (C=O) groups is 2. The predicted octanol–water partition coefficient (Wildman–Crippen LogP) is 4.11. The number of carbonyl (C=O) groups excluding carboxylic acids is 2. The summed E-state index contributed by atoms with van der Waals surface area (Å²) < 4.78 is 41.1. The number of nitrogens with one attached hydrogen (secondary N) is 2. The van der Waals surface area contributed by atoms with Crippen molar-refractivity contribution in [2.45, 2.75) is 56.1 Å². The Bertz CT molecular complexity index is 1340. The van der Waals surface area contributed by atoms with Gasteiger partial charge in [0.15, 0.2) is 0 Å². The molecule has 0 aromatic heterocycles. The van der Waals surface area contributed by atoms with Gasteiger partial charge in [-0.15, -0.1) is 0 Å². The molecule has 9 heteroatoms. The Morgan fingerprint density at radius 2 is 1.58 bits per heavy atom. The molecule has 7 nitrogen and oxygen atoms in total. The van der Waals surface area contributed by atoms with Crippen LogP contribution in [0.1, 0.15) is 48.9 Å². The van der Waals surface area contributed by atoms with Gasteiger partial charge in [-0.1, -0.05) is 54.6 Å². The fourth-order valence-corrected chi connectivity index (χ4v) is 5.51. The zero-order valence-electron chi connectivity index (χ0n) is 21.3. The molecule has 0 heterocycles. The molecule has 2 N–H and O–H groups in total. The van der Waals surface area contributed by atoms with Gasteiger partial charge in [-0.2, -0.15) is 0 Å². The first-order valence-electron chi connectivity index (χ1n) is 12.7. The Kier molecular flexibility index (Phi) is 8.91. The molecule has 200 valence electrons. The van der Waals surface area contributed by atoms with Crippen molar-refractivity contribution in [2.75, 3.05) is 6.54 Å². The Labute approximate surface area is 223 Å². The first-order chi connectivity index (χ1) is 18.3. The summed E-state index contributed by atoms with van der Waals surface area (Å²) in [5.41, 5.74) is 2.18. The Hall–Kier alpha value is -3.56. The number of benzene rings is 3. The number of nitrogens with zero attached hydrogens (tertiary/aromatic N) is 1. The highest BCUT2D eigenvalue weighted by Crippen LogP contribution is 2.26. The van der Waals surface area contributed by atoms with Crippen LogP contribution in [0.2, 0.25) is 0 Å². The second-order valence-electron chi connectivity index (χ2n) is 9.40. The molecular weight excluding hydrogens is 505 g/mol. The average Bonchev–Trinajstić information content (AvgIpc) is 3.72. The van der Waals surface area contributed by atoms with Crippen LogP contribution >= 0.6 is 0 Å². The smallest absolute Gasteiger partial charge is 0.247 e. The second-order valence-corrected chi connectivity index (χ2v) is 11.1. The van der Waals surface area contributed by atoms with Crippen LogP contribution < -0.4 is 10.0 Å². The van der Waals surface area contributed by atoms with Gasteiger partial charge in [-0.25, -0.2) is 17.5 Å². The van der Waals surface area contributed by atoms with Crippen LogP contribution in [0, 0.1) is 5.82 Å². The van der Waals surface area contributed by atoms with Gasteiger partial charge in [0.2, 0.25) is 21.8 Å². The second kappa shape index (κ2) is 12.3. The largest absolute Gasteiger partial charge is 0.354 e. The average molecular weight is 538 g/mol. The van der Waals surface area contributed by atoms with E-state index in [0.29, 0.717) is 24.1 Å². The molecule has 1 atom stereocenters. The number of rotatable bonds is 12. The van der Waals surface area contributed by atoms with Gasteiger partial charge < -0.3 is 10.2 Å². The molecule has 0 bridgehead atoms. The molecule has 38 heavy (non-hydrogen) atoms. The van der Waals surface area contributed by atoms with Crippen LogP contribution in [0.25, 0.3) is 0 Å². The summed E-state index contributed by atoms with van der Waals surface area (Å²) in [6.07, 6.45) is 2.19. The van der Waals surface area contributed by atoms with E-state index in [1.807, 2.05) is 25.1 Å². The van der Waals surface area contributed by atoms with Gasteiger partial charge in [-0.05, 0) is 67.1 Å². The van der Waals surface area contributed by atoms with Crippen molar-refractivity contribution in [1.82, 2.24) is 14.9 Å². The normalized spacial score (nSPS) is 14.1. The number of likely N-dealkylation sites (N-methyl/N-ethyl adjacent to an activating group) is 1. The zero-order valence-corrected chi connectivity index (χ0v) is 22.1. The summed E-state index contributed by atoms with van der Waals surface area (Å²) in [7, 11) is -3.55. The number of hydrogen-bond acceptors (Lipinski definition) is 4. The molecule has 4 rings (SSSR count). The van der Waals surface area contributed by atoms with Crippen molar-refractivity contribution in [3.8, 4) is 0 Å². The van der Waals surface area contributed by atoms with Crippen molar-refractivity contribution < 1.29 is 22.4 Å². The minimum absolute atomic E-state index is 0.0202. The van der Waals surface area contributed by atoms with Crippen molar-refractivity contribution in [3.63, 3.8) is 0 Å². The third kappa shape index (κ3) is 7.26. The van der Waals surface area contributed by atoms with E-state index in [1.165, 1.54) is 17.0 Å². The zero-order chi connectivity index (χ0) is 27.1. The van der Waals surface area contributed by atoms with Gasteiger partial charge in [0.1, 0.15) is 11.9 Å². The van der Waals surface area contributed by atoms with Gasteiger partial charge >= 0.3 is 0 Å². The van der Waals surface area contributed by atoms with Crippen LogP contribution in [0.4, 0.5) is 4.39 Å². The van der Waals surface area contributed by atoms with Crippen molar-refractivity contribution in [3.05, 3.63) is 101 Å². The Balaban J connectivity index is 1.54. The molecule has 2 amide bonds. The number of hydrogen-bond donors (Lipinski definition) is 2. The highest BCUT2D eigenvalue weighted by atomic mass is 32.2. The van der Waals surface area contributed by atoms with E-state index < -0.39 is 16.1 Å². The summed E-state index contributed by atoms with van der Waals surface area (Å²) in [5, 5.41) is 2.83. The van der Waals surface area contributed by atoms with Gasteiger partial charge in [0, 0.05) is 25.6 Å². The first-order valence-corrected chi connectivity index (χ1v) is 14.2. The molecule has 1 aliphatic carbocycles. The van der Waals surface area contributed by atoms with Gasteiger partial charge in [-0.3, -0.25) is 9.59 Å². The minimum atomic E-state index is -3.55. The lowest BCUT2D eigenvalue weighted by Crippen LogP contribution is -2.43. The molecule has 0 unspecified atom stereocenters. The molecule has 3 aromatic carbocycles. The summed E-state index contributed by atoms with van der Waals surface area (Å²) >= 11 is 0. The maximum Gasteiger partial charge on any atom is 0.247 e. The minimum Gasteiger partial charge on any atom is -0.354 e. The molecular formula is C29H32FN3O4S. The molecule has 0 radical (unpaired) electrons. The summed E-state index contributed by atoms with van der Waals surface area (Å²) in [4.78, 5) is 28.5. The molecule has 1 saturated carbocycles. The van der Waals surface area contributed by atoms with Crippen molar-refractivity contribution >= 4 is 21.8 Å². The quantitative estimate of drug-likeness (QED) is 0.364. The van der Waals surface area contributed by atoms with E-state index in [9.17, 15) is 22.4 Å². The molecule has 1 aliphatic rings. The monoisotopic (exact) mass is 537 g/mol. The first kappa shape index (κ1) is 27.5. The number of aryl methyl sites for hydroxylation is 1. The molecule has 1 fully saturated rings. The molecule has 0 spiro atoms. The molecule has 0 saturated heterocycles. The fourth-order valence-electron chi connectivity index (χ4n) is 4.21. The van der Waals surface area contributed by atoms with Crippen molar-refractivity contribution in [2.24, 2.45) is 0 Å². The highest BCUT2D eigenvalue weighted by molar-refractivity contribution is 7.89. The standard InChI is InChI=1S/C29H32FN3O4S/c1-2-31-29(35)28(23-6-4-3-5-7-23)33(20-22-8-13-24(30)14-9-22)27(34)19-12-21-10-17-26(18-11-21)38(36,37)32-25-15-16-25/h3-11,13-14,17-18,25,28,32H,2,12,15-16,19-20H2,1H3,(H,31,35)/t28-/m0/s1. The van der Waals surface area contributed by atoms with E-state index in [4.69, 9.17) is 0 Å². The van der Waals surface area contributed by atoms with Crippen LogP contribution in [-0.2, 0) is 32.6 Å². The topological polar surface area (TPSA) is 95.6 Å². The van der Waals surface area contributed by atoms with Gasteiger partial charge in [0.05, 0.1) is 4.90 Å². The van der Waals surface area contributed by atoms with E-state index >= 15 is 0 Å². The van der Waals surface area contributed by atoms with E-state index in [1.54, 1.807) is 48.5 Å². The fraction of sp³-hybridized carbons (Fsp3) is 0.310. The lowest BCUT2D eigenvalue weighted by molar-refractivity contribution is -0.141. The van der Waals surface area contributed by atoms with Crippen LogP contribution in [0.3, 0.4) is 0 Å². The number of amides is 2. The van der Waals surface area contributed by atoms with Crippen LogP contribution in [0.15, 0.2) is 83.8 Å².